The molecule has 27 heavy (non-hydrogen) atoms. The SMILES string of the molecule is CCCCOc1ccc(C(=O)NCc2ccc3c(c2)OCCO3)cc1OC. The fourth-order valence-electron chi connectivity index (χ4n) is 2.74. The molecule has 0 bridgehead atoms. The number of amides is 1. The molecule has 0 aliphatic carbocycles. The summed E-state index contributed by atoms with van der Waals surface area (Å²) in [4.78, 5) is 12.5. The second-order valence-corrected chi connectivity index (χ2v) is 6.23. The quantitative estimate of drug-likeness (QED) is 0.719. The highest BCUT2D eigenvalue weighted by Crippen LogP contribution is 2.31. The van der Waals surface area contributed by atoms with Crippen molar-refractivity contribution in [3.63, 3.8) is 0 Å². The van der Waals surface area contributed by atoms with E-state index < -0.39 is 0 Å². The number of benzene rings is 2. The van der Waals surface area contributed by atoms with Crippen LogP contribution in [0.1, 0.15) is 35.7 Å². The molecule has 2 aromatic rings. The maximum Gasteiger partial charge on any atom is 0.251 e. The summed E-state index contributed by atoms with van der Waals surface area (Å²) < 4.78 is 22.1. The molecule has 6 nitrogen and oxygen atoms in total. The monoisotopic (exact) mass is 371 g/mol. The Balaban J connectivity index is 1.62. The van der Waals surface area contributed by atoms with Crippen LogP contribution in [0.25, 0.3) is 0 Å². The minimum atomic E-state index is -0.178. The standard InChI is InChI=1S/C21H25NO5/c1-3-4-9-25-17-8-6-16(13-19(17)24-2)21(23)22-14-15-5-7-18-20(12-15)27-11-10-26-18/h5-8,12-13H,3-4,9-11,14H2,1-2H3,(H,22,23). The second-order valence-electron chi connectivity index (χ2n) is 6.23. The molecule has 0 aromatic heterocycles. The molecule has 0 unspecified atom stereocenters. The molecule has 1 heterocycles. The fraction of sp³-hybridized carbons (Fsp3) is 0.381. The minimum absolute atomic E-state index is 0.178. The van der Waals surface area contributed by atoms with E-state index in [9.17, 15) is 4.79 Å². The first-order chi connectivity index (χ1) is 13.2. The van der Waals surface area contributed by atoms with Crippen LogP contribution in [-0.2, 0) is 6.54 Å². The van der Waals surface area contributed by atoms with E-state index in [1.807, 2.05) is 18.2 Å². The Morgan fingerprint density at radius 2 is 1.89 bits per heavy atom. The van der Waals surface area contributed by atoms with Crippen molar-refractivity contribution in [1.82, 2.24) is 5.32 Å². The third-order valence-electron chi connectivity index (χ3n) is 4.24. The Kier molecular flexibility index (Phi) is 6.41. The summed E-state index contributed by atoms with van der Waals surface area (Å²) in [6.45, 7) is 4.23. The van der Waals surface area contributed by atoms with E-state index in [0.717, 1.165) is 24.2 Å². The maximum atomic E-state index is 12.5. The topological polar surface area (TPSA) is 66.0 Å². The van der Waals surface area contributed by atoms with Crippen LogP contribution in [-0.4, -0.2) is 32.8 Å². The number of carbonyl (C=O) groups is 1. The van der Waals surface area contributed by atoms with Crippen LogP contribution in [0.15, 0.2) is 36.4 Å². The summed E-state index contributed by atoms with van der Waals surface area (Å²) >= 11 is 0. The van der Waals surface area contributed by atoms with E-state index in [1.54, 1.807) is 25.3 Å². The summed E-state index contributed by atoms with van der Waals surface area (Å²) in [7, 11) is 1.57. The molecule has 3 rings (SSSR count). The summed E-state index contributed by atoms with van der Waals surface area (Å²) in [5, 5.41) is 2.91. The minimum Gasteiger partial charge on any atom is -0.493 e. The Bertz CT molecular complexity index is 790. The highest BCUT2D eigenvalue weighted by molar-refractivity contribution is 5.94. The van der Waals surface area contributed by atoms with Crippen molar-refractivity contribution < 1.29 is 23.7 Å². The fourth-order valence-corrected chi connectivity index (χ4v) is 2.74. The lowest BCUT2D eigenvalue weighted by atomic mass is 10.1. The van der Waals surface area contributed by atoms with Crippen molar-refractivity contribution in [2.45, 2.75) is 26.3 Å². The zero-order chi connectivity index (χ0) is 19.1. The number of fused-ring (bicyclic) bond motifs is 1. The van der Waals surface area contributed by atoms with Crippen molar-refractivity contribution in [2.24, 2.45) is 0 Å². The Morgan fingerprint density at radius 3 is 2.67 bits per heavy atom. The lowest BCUT2D eigenvalue weighted by Gasteiger charge is -2.19. The van der Waals surface area contributed by atoms with E-state index in [1.165, 1.54) is 0 Å². The van der Waals surface area contributed by atoms with Crippen molar-refractivity contribution in [1.29, 1.82) is 0 Å². The van der Waals surface area contributed by atoms with Gasteiger partial charge in [-0.15, -0.1) is 0 Å². The van der Waals surface area contributed by atoms with E-state index in [2.05, 4.69) is 12.2 Å². The van der Waals surface area contributed by atoms with E-state index in [0.29, 0.717) is 49.2 Å². The van der Waals surface area contributed by atoms with Gasteiger partial charge in [0.2, 0.25) is 0 Å². The van der Waals surface area contributed by atoms with E-state index >= 15 is 0 Å². The first-order valence-corrected chi connectivity index (χ1v) is 9.19. The molecule has 0 saturated heterocycles. The molecular weight excluding hydrogens is 346 g/mol. The first kappa shape index (κ1) is 18.9. The summed E-state index contributed by atoms with van der Waals surface area (Å²) in [5.74, 6) is 2.47. The molecule has 0 saturated carbocycles. The molecule has 2 aromatic carbocycles. The third-order valence-corrected chi connectivity index (χ3v) is 4.24. The van der Waals surface area contributed by atoms with Crippen LogP contribution < -0.4 is 24.3 Å². The number of methoxy groups -OCH3 is 1. The predicted molar refractivity (Wildman–Crippen MR) is 102 cm³/mol. The van der Waals surface area contributed by atoms with Crippen LogP contribution in [0.3, 0.4) is 0 Å². The molecule has 144 valence electrons. The third kappa shape index (κ3) is 4.84. The average Bonchev–Trinajstić information content (AvgIpc) is 2.72. The smallest absolute Gasteiger partial charge is 0.251 e. The molecule has 0 spiro atoms. The molecule has 0 fully saturated rings. The maximum absolute atomic E-state index is 12.5. The molecule has 0 atom stereocenters. The van der Waals surface area contributed by atoms with Crippen LogP contribution >= 0.6 is 0 Å². The van der Waals surface area contributed by atoms with E-state index in [4.69, 9.17) is 18.9 Å². The Hall–Kier alpha value is -2.89. The zero-order valence-electron chi connectivity index (χ0n) is 15.7. The summed E-state index contributed by atoms with van der Waals surface area (Å²) in [5.41, 5.74) is 1.46. The van der Waals surface area contributed by atoms with Crippen molar-refractivity contribution >= 4 is 5.91 Å². The molecule has 1 N–H and O–H groups in total. The Labute approximate surface area is 159 Å². The van der Waals surface area contributed by atoms with Gasteiger partial charge in [-0.2, -0.15) is 0 Å². The first-order valence-electron chi connectivity index (χ1n) is 9.19. The van der Waals surface area contributed by atoms with Gasteiger partial charge in [0, 0.05) is 12.1 Å². The largest absolute Gasteiger partial charge is 0.493 e. The van der Waals surface area contributed by atoms with Crippen molar-refractivity contribution in [3.05, 3.63) is 47.5 Å². The van der Waals surface area contributed by atoms with Gasteiger partial charge in [-0.05, 0) is 42.3 Å². The number of hydrogen-bond acceptors (Lipinski definition) is 5. The molecule has 1 aliphatic rings. The second kappa shape index (κ2) is 9.16. The molecule has 6 heteroatoms. The molecule has 1 aliphatic heterocycles. The Morgan fingerprint density at radius 1 is 1.07 bits per heavy atom. The number of unbranched alkanes of at least 4 members (excludes halogenated alkanes) is 1. The van der Waals surface area contributed by atoms with Gasteiger partial charge in [-0.3, -0.25) is 4.79 Å². The normalized spacial score (nSPS) is 12.4. The van der Waals surface area contributed by atoms with Gasteiger partial charge in [0.1, 0.15) is 13.2 Å². The predicted octanol–water partition coefficient (Wildman–Crippen LogP) is 3.58. The lowest BCUT2D eigenvalue weighted by Crippen LogP contribution is -2.23. The highest BCUT2D eigenvalue weighted by atomic mass is 16.6. The number of ether oxygens (including phenoxy) is 4. The molecule has 1 amide bonds. The van der Waals surface area contributed by atoms with Crippen LogP contribution in [0.4, 0.5) is 0 Å². The summed E-state index contributed by atoms with van der Waals surface area (Å²) in [6.07, 6.45) is 2.03. The van der Waals surface area contributed by atoms with Crippen LogP contribution in [0.5, 0.6) is 23.0 Å². The van der Waals surface area contributed by atoms with Crippen molar-refractivity contribution in [2.75, 3.05) is 26.9 Å². The number of hydrogen-bond donors (Lipinski definition) is 1. The highest BCUT2D eigenvalue weighted by Gasteiger charge is 2.14. The van der Waals surface area contributed by atoms with Crippen molar-refractivity contribution in [3.8, 4) is 23.0 Å². The van der Waals surface area contributed by atoms with Gasteiger partial charge in [0.25, 0.3) is 5.91 Å². The van der Waals surface area contributed by atoms with Gasteiger partial charge < -0.3 is 24.3 Å². The van der Waals surface area contributed by atoms with Gasteiger partial charge in [-0.1, -0.05) is 19.4 Å². The molecular formula is C21H25NO5. The number of carbonyl (C=O) groups excluding carboxylic acids is 1. The average molecular weight is 371 g/mol. The van der Waals surface area contributed by atoms with Gasteiger partial charge in [0.05, 0.1) is 13.7 Å². The number of rotatable bonds is 8. The molecule has 0 radical (unpaired) electrons. The van der Waals surface area contributed by atoms with Gasteiger partial charge >= 0.3 is 0 Å². The lowest BCUT2D eigenvalue weighted by molar-refractivity contribution is 0.0950. The van der Waals surface area contributed by atoms with Gasteiger partial charge in [0.15, 0.2) is 23.0 Å². The summed E-state index contributed by atoms with van der Waals surface area (Å²) in [6, 6.07) is 10.9. The number of nitrogens with one attached hydrogen (secondary N) is 1. The zero-order valence-corrected chi connectivity index (χ0v) is 15.7. The van der Waals surface area contributed by atoms with Crippen LogP contribution in [0, 0.1) is 0 Å². The van der Waals surface area contributed by atoms with Crippen LogP contribution in [0.2, 0.25) is 0 Å². The van der Waals surface area contributed by atoms with E-state index in [-0.39, 0.29) is 5.91 Å². The van der Waals surface area contributed by atoms with Gasteiger partial charge in [-0.25, -0.2) is 0 Å².